The molecule has 4 nitrogen and oxygen atoms in total. The van der Waals surface area contributed by atoms with Gasteiger partial charge in [-0.3, -0.25) is 5.10 Å². The van der Waals surface area contributed by atoms with Crippen LogP contribution in [0.5, 0.6) is 0 Å². The molecular weight excluding hydrogens is 142 g/mol. The summed E-state index contributed by atoms with van der Waals surface area (Å²) in [6, 6.07) is 0. The third kappa shape index (κ3) is 1.78. The Bertz CT molecular complexity index is 212. The highest BCUT2D eigenvalue weighted by atomic mass is 16.6. The van der Waals surface area contributed by atoms with Crippen molar-refractivity contribution in [2.45, 2.75) is 20.4 Å². The number of nitrogens with one attached hydrogen (secondary N) is 2. The summed E-state index contributed by atoms with van der Waals surface area (Å²) in [5.41, 5.74) is 6.06. The molecule has 0 bridgehead atoms. The number of nitrogens with zero attached hydrogens (tertiary/aromatic N) is 1. The number of aromatic amines is 1. The number of hydrogen-bond acceptors (Lipinski definition) is 3. The van der Waals surface area contributed by atoms with Gasteiger partial charge in [-0.15, -0.1) is 0 Å². The van der Waals surface area contributed by atoms with E-state index in [9.17, 15) is 0 Å². The van der Waals surface area contributed by atoms with Gasteiger partial charge in [0.15, 0.2) is 0 Å². The molecule has 0 unspecified atom stereocenters. The maximum absolute atomic E-state index is 4.73. The van der Waals surface area contributed by atoms with Gasteiger partial charge in [0, 0.05) is 17.8 Å². The van der Waals surface area contributed by atoms with Crippen molar-refractivity contribution in [3.8, 4) is 0 Å². The molecule has 1 heterocycles. The van der Waals surface area contributed by atoms with Crippen LogP contribution < -0.4 is 5.48 Å². The van der Waals surface area contributed by atoms with Gasteiger partial charge >= 0.3 is 0 Å². The quantitative estimate of drug-likeness (QED) is 0.631. The molecule has 0 atom stereocenters. The SMILES string of the molecule is CONCc1c(C)n[nH]c1C. The van der Waals surface area contributed by atoms with Crippen molar-refractivity contribution in [2.24, 2.45) is 0 Å². The highest BCUT2D eigenvalue weighted by Gasteiger charge is 2.04. The number of hydroxylamine groups is 1. The van der Waals surface area contributed by atoms with E-state index >= 15 is 0 Å². The minimum absolute atomic E-state index is 0.699. The number of H-pyrrole nitrogens is 1. The number of hydrogen-bond donors (Lipinski definition) is 2. The van der Waals surface area contributed by atoms with E-state index in [1.807, 2.05) is 13.8 Å². The molecule has 0 aliphatic rings. The standard InChI is InChI=1S/C7H13N3O/c1-5-7(4-8-11-3)6(2)10-9-5/h8H,4H2,1-3H3,(H,9,10). The average Bonchev–Trinajstić information content (AvgIpc) is 2.29. The molecular formula is C7H13N3O. The molecule has 0 aromatic carbocycles. The zero-order chi connectivity index (χ0) is 8.27. The van der Waals surface area contributed by atoms with Crippen molar-refractivity contribution in [3.63, 3.8) is 0 Å². The van der Waals surface area contributed by atoms with E-state index in [1.165, 1.54) is 5.56 Å². The van der Waals surface area contributed by atoms with Crippen molar-refractivity contribution in [3.05, 3.63) is 17.0 Å². The van der Waals surface area contributed by atoms with Crippen molar-refractivity contribution in [1.29, 1.82) is 0 Å². The molecule has 11 heavy (non-hydrogen) atoms. The second kappa shape index (κ2) is 3.50. The van der Waals surface area contributed by atoms with Crippen molar-refractivity contribution in [2.75, 3.05) is 7.11 Å². The fourth-order valence-electron chi connectivity index (χ4n) is 0.979. The van der Waals surface area contributed by atoms with Crippen molar-refractivity contribution in [1.82, 2.24) is 15.7 Å². The molecule has 1 aromatic heterocycles. The summed E-state index contributed by atoms with van der Waals surface area (Å²) in [5.74, 6) is 0. The molecule has 1 rings (SSSR count). The highest BCUT2D eigenvalue weighted by Crippen LogP contribution is 2.07. The molecule has 0 fully saturated rings. The summed E-state index contributed by atoms with van der Waals surface area (Å²) < 4.78 is 0. The molecule has 4 heteroatoms. The van der Waals surface area contributed by atoms with E-state index in [1.54, 1.807) is 7.11 Å². The summed E-state index contributed by atoms with van der Waals surface area (Å²) in [5, 5.41) is 6.95. The maximum atomic E-state index is 4.73. The number of rotatable bonds is 3. The van der Waals surface area contributed by atoms with Crippen LogP contribution in [0.25, 0.3) is 0 Å². The van der Waals surface area contributed by atoms with Crippen LogP contribution in [0, 0.1) is 13.8 Å². The Labute approximate surface area is 65.9 Å². The van der Waals surface area contributed by atoms with E-state index in [4.69, 9.17) is 4.84 Å². The predicted molar refractivity (Wildman–Crippen MR) is 41.9 cm³/mol. The Morgan fingerprint density at radius 2 is 2.27 bits per heavy atom. The Morgan fingerprint density at radius 3 is 2.73 bits per heavy atom. The lowest BCUT2D eigenvalue weighted by atomic mass is 10.2. The summed E-state index contributed by atoms with van der Waals surface area (Å²) in [7, 11) is 1.60. The minimum atomic E-state index is 0.699. The van der Waals surface area contributed by atoms with E-state index in [2.05, 4.69) is 15.7 Å². The van der Waals surface area contributed by atoms with Crippen LogP contribution in [0.1, 0.15) is 17.0 Å². The van der Waals surface area contributed by atoms with Gasteiger partial charge < -0.3 is 4.84 Å². The summed E-state index contributed by atoms with van der Waals surface area (Å²) in [6.45, 7) is 4.66. The van der Waals surface area contributed by atoms with Crippen LogP contribution in [0.4, 0.5) is 0 Å². The van der Waals surface area contributed by atoms with Gasteiger partial charge in [0.25, 0.3) is 0 Å². The molecule has 0 saturated heterocycles. The molecule has 1 aromatic rings. The summed E-state index contributed by atoms with van der Waals surface area (Å²) in [6.07, 6.45) is 0. The Morgan fingerprint density at radius 1 is 1.55 bits per heavy atom. The first-order valence-corrected chi connectivity index (χ1v) is 3.52. The van der Waals surface area contributed by atoms with Crippen LogP contribution in [-0.2, 0) is 11.4 Å². The van der Waals surface area contributed by atoms with Gasteiger partial charge in [-0.25, -0.2) is 0 Å². The fourth-order valence-corrected chi connectivity index (χ4v) is 0.979. The molecule has 0 spiro atoms. The minimum Gasteiger partial charge on any atom is -0.305 e. The first-order chi connectivity index (χ1) is 5.25. The van der Waals surface area contributed by atoms with Gasteiger partial charge in [0.1, 0.15) is 0 Å². The summed E-state index contributed by atoms with van der Waals surface area (Å²) >= 11 is 0. The lowest BCUT2D eigenvalue weighted by Crippen LogP contribution is -2.11. The van der Waals surface area contributed by atoms with Crippen LogP contribution in [-0.4, -0.2) is 17.3 Å². The molecule has 0 aliphatic carbocycles. The van der Waals surface area contributed by atoms with Gasteiger partial charge in [0.05, 0.1) is 12.8 Å². The molecule has 2 N–H and O–H groups in total. The maximum Gasteiger partial charge on any atom is 0.0639 e. The topological polar surface area (TPSA) is 49.9 Å². The molecule has 0 aliphatic heterocycles. The molecule has 62 valence electrons. The Kier molecular flexibility index (Phi) is 2.62. The van der Waals surface area contributed by atoms with E-state index in [-0.39, 0.29) is 0 Å². The smallest absolute Gasteiger partial charge is 0.0639 e. The van der Waals surface area contributed by atoms with Crippen LogP contribution >= 0.6 is 0 Å². The number of aryl methyl sites for hydroxylation is 2. The monoisotopic (exact) mass is 155 g/mol. The van der Waals surface area contributed by atoms with Gasteiger partial charge in [-0.05, 0) is 13.8 Å². The third-order valence-electron chi connectivity index (χ3n) is 1.67. The van der Waals surface area contributed by atoms with Gasteiger partial charge in [-0.1, -0.05) is 0 Å². The van der Waals surface area contributed by atoms with Crippen molar-refractivity contribution >= 4 is 0 Å². The Balaban J connectivity index is 2.67. The van der Waals surface area contributed by atoms with Crippen LogP contribution in [0.2, 0.25) is 0 Å². The third-order valence-corrected chi connectivity index (χ3v) is 1.67. The normalized spacial score (nSPS) is 10.5. The first-order valence-electron chi connectivity index (χ1n) is 3.52. The Hall–Kier alpha value is -0.870. The zero-order valence-corrected chi connectivity index (χ0v) is 7.06. The predicted octanol–water partition coefficient (Wildman–Crippen LogP) is 0.678. The van der Waals surface area contributed by atoms with Gasteiger partial charge in [-0.2, -0.15) is 10.6 Å². The second-order valence-electron chi connectivity index (χ2n) is 2.44. The first kappa shape index (κ1) is 8.23. The fraction of sp³-hybridized carbons (Fsp3) is 0.571. The average molecular weight is 155 g/mol. The lowest BCUT2D eigenvalue weighted by Gasteiger charge is -2.00. The largest absolute Gasteiger partial charge is 0.305 e. The summed E-state index contributed by atoms with van der Waals surface area (Å²) in [4.78, 5) is 4.73. The molecule has 0 radical (unpaired) electrons. The van der Waals surface area contributed by atoms with Crippen LogP contribution in [0.15, 0.2) is 0 Å². The van der Waals surface area contributed by atoms with E-state index in [0.29, 0.717) is 6.54 Å². The van der Waals surface area contributed by atoms with Gasteiger partial charge in [0.2, 0.25) is 0 Å². The molecule has 0 saturated carbocycles. The van der Waals surface area contributed by atoms with E-state index < -0.39 is 0 Å². The lowest BCUT2D eigenvalue weighted by molar-refractivity contribution is 0.0864. The highest BCUT2D eigenvalue weighted by molar-refractivity contribution is 5.22. The van der Waals surface area contributed by atoms with Crippen molar-refractivity contribution < 1.29 is 4.84 Å². The van der Waals surface area contributed by atoms with Crippen LogP contribution in [0.3, 0.4) is 0 Å². The van der Waals surface area contributed by atoms with E-state index in [0.717, 1.165) is 11.4 Å². The number of aromatic nitrogens is 2. The zero-order valence-electron chi connectivity index (χ0n) is 7.06. The second-order valence-corrected chi connectivity index (χ2v) is 2.44. The molecule has 0 amide bonds.